The summed E-state index contributed by atoms with van der Waals surface area (Å²) in [6, 6.07) is 2.29. The highest BCUT2D eigenvalue weighted by molar-refractivity contribution is 5.33. The van der Waals surface area contributed by atoms with Crippen molar-refractivity contribution < 1.29 is 4.74 Å². The number of nitrogens with one attached hydrogen (secondary N) is 1. The van der Waals surface area contributed by atoms with Crippen LogP contribution < -0.4 is 11.3 Å². The minimum atomic E-state index is 0.466. The number of ether oxygens (including phenoxy) is 1. The molecular weight excluding hydrogens is 242 g/mol. The first-order valence-corrected chi connectivity index (χ1v) is 6.64. The lowest BCUT2D eigenvalue weighted by molar-refractivity contribution is 0.116. The number of aryl methyl sites for hydroxylation is 1. The largest absolute Gasteiger partial charge is 0.383 e. The number of anilines is 1. The van der Waals surface area contributed by atoms with Crippen molar-refractivity contribution in [1.29, 1.82) is 0 Å². The van der Waals surface area contributed by atoms with E-state index in [2.05, 4.69) is 34.1 Å². The molecule has 0 aromatic carbocycles. The highest BCUT2D eigenvalue weighted by Gasteiger charge is 2.14. The SMILES string of the molecule is CCC(C)N(CCOC)Cc1nc(C)cc(NN)n1. The summed E-state index contributed by atoms with van der Waals surface area (Å²) in [6.45, 7) is 8.60. The molecule has 1 atom stereocenters. The molecule has 1 unspecified atom stereocenters. The van der Waals surface area contributed by atoms with Crippen LogP contribution in [0.3, 0.4) is 0 Å². The fraction of sp³-hybridized carbons (Fsp3) is 0.692. The molecule has 0 radical (unpaired) electrons. The van der Waals surface area contributed by atoms with Crippen LogP contribution in [-0.4, -0.2) is 41.2 Å². The van der Waals surface area contributed by atoms with Crippen LogP contribution in [0.15, 0.2) is 6.07 Å². The van der Waals surface area contributed by atoms with E-state index in [-0.39, 0.29) is 0 Å². The second kappa shape index (κ2) is 8.04. The van der Waals surface area contributed by atoms with E-state index in [1.165, 1.54) is 0 Å². The monoisotopic (exact) mass is 267 g/mol. The van der Waals surface area contributed by atoms with Crippen LogP contribution in [0.1, 0.15) is 31.8 Å². The van der Waals surface area contributed by atoms with Gasteiger partial charge in [-0.05, 0) is 20.3 Å². The van der Waals surface area contributed by atoms with E-state index < -0.39 is 0 Å². The molecule has 0 aliphatic carbocycles. The molecule has 19 heavy (non-hydrogen) atoms. The van der Waals surface area contributed by atoms with Crippen LogP contribution in [-0.2, 0) is 11.3 Å². The quantitative estimate of drug-likeness (QED) is 0.546. The van der Waals surface area contributed by atoms with Gasteiger partial charge in [0, 0.05) is 31.5 Å². The number of rotatable bonds is 8. The third-order valence-corrected chi connectivity index (χ3v) is 3.19. The second-order valence-electron chi connectivity index (χ2n) is 4.68. The molecule has 0 aliphatic heterocycles. The molecule has 0 amide bonds. The van der Waals surface area contributed by atoms with Gasteiger partial charge in [-0.15, -0.1) is 0 Å². The van der Waals surface area contributed by atoms with Crippen molar-refractivity contribution in [1.82, 2.24) is 14.9 Å². The van der Waals surface area contributed by atoms with E-state index in [1.54, 1.807) is 7.11 Å². The molecule has 1 aromatic rings. The summed E-state index contributed by atoms with van der Waals surface area (Å²) in [6.07, 6.45) is 1.08. The summed E-state index contributed by atoms with van der Waals surface area (Å²) < 4.78 is 5.16. The molecule has 0 spiro atoms. The van der Waals surface area contributed by atoms with Crippen molar-refractivity contribution in [2.45, 2.75) is 39.8 Å². The Morgan fingerprint density at radius 3 is 2.79 bits per heavy atom. The van der Waals surface area contributed by atoms with Crippen LogP contribution in [0.5, 0.6) is 0 Å². The van der Waals surface area contributed by atoms with Gasteiger partial charge < -0.3 is 10.2 Å². The molecule has 6 nitrogen and oxygen atoms in total. The van der Waals surface area contributed by atoms with Gasteiger partial charge in [0.1, 0.15) is 11.6 Å². The Morgan fingerprint density at radius 1 is 1.47 bits per heavy atom. The summed E-state index contributed by atoms with van der Waals surface area (Å²) in [5, 5.41) is 0. The molecule has 1 heterocycles. The topological polar surface area (TPSA) is 76.3 Å². The zero-order valence-corrected chi connectivity index (χ0v) is 12.3. The number of aromatic nitrogens is 2. The van der Waals surface area contributed by atoms with Gasteiger partial charge in [0.05, 0.1) is 13.2 Å². The van der Waals surface area contributed by atoms with Gasteiger partial charge in [0.15, 0.2) is 0 Å². The van der Waals surface area contributed by atoms with Gasteiger partial charge >= 0.3 is 0 Å². The van der Waals surface area contributed by atoms with E-state index >= 15 is 0 Å². The molecule has 0 saturated carbocycles. The number of methoxy groups -OCH3 is 1. The van der Waals surface area contributed by atoms with Crippen molar-refractivity contribution in [2.24, 2.45) is 5.84 Å². The Bertz CT molecular complexity index is 385. The third-order valence-electron chi connectivity index (χ3n) is 3.19. The van der Waals surface area contributed by atoms with E-state index in [9.17, 15) is 0 Å². The van der Waals surface area contributed by atoms with E-state index in [4.69, 9.17) is 10.6 Å². The summed E-state index contributed by atoms with van der Waals surface area (Å²) in [4.78, 5) is 11.2. The molecule has 0 fully saturated rings. The molecular formula is C13H25N5O. The first-order valence-electron chi connectivity index (χ1n) is 6.64. The van der Waals surface area contributed by atoms with E-state index in [1.807, 2.05) is 13.0 Å². The van der Waals surface area contributed by atoms with Crippen LogP contribution in [0.4, 0.5) is 5.82 Å². The Labute approximate surface area is 115 Å². The predicted octanol–water partition coefficient (Wildman–Crippen LogP) is 1.32. The molecule has 1 rings (SSSR count). The zero-order chi connectivity index (χ0) is 14.3. The van der Waals surface area contributed by atoms with Gasteiger partial charge in [-0.1, -0.05) is 6.92 Å². The summed E-state index contributed by atoms with van der Waals surface area (Å²) in [5.41, 5.74) is 3.48. The number of nitrogens with zero attached hydrogens (tertiary/aromatic N) is 3. The number of hydrogen-bond acceptors (Lipinski definition) is 6. The van der Waals surface area contributed by atoms with Gasteiger partial charge in [-0.2, -0.15) is 0 Å². The van der Waals surface area contributed by atoms with Crippen molar-refractivity contribution in [3.8, 4) is 0 Å². The molecule has 6 heteroatoms. The van der Waals surface area contributed by atoms with Gasteiger partial charge in [-0.25, -0.2) is 15.8 Å². The van der Waals surface area contributed by atoms with Crippen LogP contribution >= 0.6 is 0 Å². The Kier molecular flexibility index (Phi) is 6.69. The molecule has 1 aromatic heterocycles. The van der Waals surface area contributed by atoms with E-state index in [0.29, 0.717) is 25.0 Å². The molecule has 3 N–H and O–H groups in total. The van der Waals surface area contributed by atoms with Crippen molar-refractivity contribution >= 4 is 5.82 Å². The maximum atomic E-state index is 5.41. The number of hydrogen-bond donors (Lipinski definition) is 2. The van der Waals surface area contributed by atoms with Crippen LogP contribution in [0, 0.1) is 6.92 Å². The average molecular weight is 267 g/mol. The smallest absolute Gasteiger partial charge is 0.145 e. The predicted molar refractivity (Wildman–Crippen MR) is 76.6 cm³/mol. The summed E-state index contributed by atoms with van der Waals surface area (Å²) >= 11 is 0. The summed E-state index contributed by atoms with van der Waals surface area (Å²) in [5.74, 6) is 6.84. The maximum Gasteiger partial charge on any atom is 0.145 e. The van der Waals surface area contributed by atoms with Crippen molar-refractivity contribution in [2.75, 3.05) is 25.7 Å². The minimum absolute atomic E-state index is 0.466. The number of nitrogen functional groups attached to an aromatic ring is 1. The van der Waals surface area contributed by atoms with Crippen molar-refractivity contribution in [3.05, 3.63) is 17.6 Å². The number of nitrogens with two attached hydrogens (primary N) is 1. The molecule has 0 saturated heterocycles. The first-order chi connectivity index (χ1) is 9.10. The fourth-order valence-electron chi connectivity index (χ4n) is 1.88. The van der Waals surface area contributed by atoms with Gasteiger partial charge in [0.2, 0.25) is 0 Å². The summed E-state index contributed by atoms with van der Waals surface area (Å²) in [7, 11) is 1.72. The molecule has 0 bridgehead atoms. The lowest BCUT2D eigenvalue weighted by Gasteiger charge is -2.27. The lowest BCUT2D eigenvalue weighted by Crippen LogP contribution is -2.35. The van der Waals surface area contributed by atoms with Crippen LogP contribution in [0.2, 0.25) is 0 Å². The average Bonchev–Trinajstić information content (AvgIpc) is 2.41. The fourth-order valence-corrected chi connectivity index (χ4v) is 1.88. The molecule has 0 aliphatic rings. The Hall–Kier alpha value is -1.24. The standard InChI is InChI=1S/C13H25N5O/c1-5-11(3)18(6-7-19-4)9-13-15-10(2)8-12(16-13)17-14/h8,11H,5-7,9,14H2,1-4H3,(H,15,16,17). The Morgan fingerprint density at radius 2 is 2.21 bits per heavy atom. The van der Waals surface area contributed by atoms with Gasteiger partial charge in [0.25, 0.3) is 0 Å². The zero-order valence-electron chi connectivity index (χ0n) is 12.3. The highest BCUT2D eigenvalue weighted by atomic mass is 16.5. The highest BCUT2D eigenvalue weighted by Crippen LogP contribution is 2.10. The minimum Gasteiger partial charge on any atom is -0.383 e. The first kappa shape index (κ1) is 15.8. The van der Waals surface area contributed by atoms with Gasteiger partial charge in [-0.3, -0.25) is 4.90 Å². The second-order valence-corrected chi connectivity index (χ2v) is 4.68. The number of hydrazine groups is 1. The van der Waals surface area contributed by atoms with Crippen LogP contribution in [0.25, 0.3) is 0 Å². The normalized spacial score (nSPS) is 12.7. The third kappa shape index (κ3) is 5.10. The molecule has 108 valence electrons. The van der Waals surface area contributed by atoms with E-state index in [0.717, 1.165) is 24.5 Å². The maximum absolute atomic E-state index is 5.41. The Balaban J connectivity index is 2.79. The lowest BCUT2D eigenvalue weighted by atomic mass is 10.2. The van der Waals surface area contributed by atoms with Crippen molar-refractivity contribution in [3.63, 3.8) is 0 Å².